The summed E-state index contributed by atoms with van der Waals surface area (Å²) in [5.74, 6) is 0.536. The first-order chi connectivity index (χ1) is 15.5. The lowest BCUT2D eigenvalue weighted by Gasteiger charge is -2.12. The molecule has 1 atom stereocenters. The molecule has 0 saturated heterocycles. The number of rotatable bonds is 10. The largest absolute Gasteiger partial charge is 0.378 e. The van der Waals surface area contributed by atoms with Gasteiger partial charge in [-0.3, -0.25) is 4.79 Å². The number of benzene rings is 2. The van der Waals surface area contributed by atoms with Crippen LogP contribution in [0.5, 0.6) is 0 Å². The van der Waals surface area contributed by atoms with Crippen molar-refractivity contribution in [3.05, 3.63) is 83.2 Å². The van der Waals surface area contributed by atoms with Gasteiger partial charge in [-0.25, -0.2) is 5.43 Å². The third kappa shape index (κ3) is 6.70. The lowest BCUT2D eigenvalue weighted by molar-refractivity contribution is -0.120. The molecule has 1 heterocycles. The molecule has 2 aromatic carbocycles. The molecule has 32 heavy (non-hydrogen) atoms. The van der Waals surface area contributed by atoms with Crippen LogP contribution in [0.4, 0.5) is 5.69 Å². The van der Waals surface area contributed by atoms with Crippen LogP contribution in [0.25, 0.3) is 0 Å². The van der Waals surface area contributed by atoms with Gasteiger partial charge in [0.15, 0.2) is 11.0 Å². The third-order valence-electron chi connectivity index (χ3n) is 4.52. The lowest BCUT2D eigenvalue weighted by atomic mass is 10.2. The maximum atomic E-state index is 12.4. The molecule has 0 fully saturated rings. The zero-order chi connectivity index (χ0) is 22.9. The smallest absolute Gasteiger partial charge is 0.253 e. The zero-order valence-corrected chi connectivity index (χ0v) is 19.5. The number of thioether (sulfide) groups is 1. The SMILES string of the molecule is C=CCn1c(CNc2ccc(C)cc2)nnc1SC(C)C(=O)NN=Cc1ccc(Cl)cc1. The van der Waals surface area contributed by atoms with Gasteiger partial charge in [0.1, 0.15) is 0 Å². The van der Waals surface area contributed by atoms with Gasteiger partial charge in [-0.15, -0.1) is 16.8 Å². The van der Waals surface area contributed by atoms with Crippen LogP contribution in [0, 0.1) is 6.92 Å². The molecule has 1 aromatic heterocycles. The number of carbonyl (C=O) groups is 1. The number of hydrogen-bond acceptors (Lipinski definition) is 6. The quantitative estimate of drug-likeness (QED) is 0.195. The molecule has 0 saturated carbocycles. The van der Waals surface area contributed by atoms with Gasteiger partial charge >= 0.3 is 0 Å². The first-order valence-corrected chi connectivity index (χ1v) is 11.3. The molecular formula is C23H25ClN6OS. The summed E-state index contributed by atoms with van der Waals surface area (Å²) in [6.45, 7) is 8.73. The Morgan fingerprint density at radius 2 is 1.94 bits per heavy atom. The highest BCUT2D eigenvalue weighted by Gasteiger charge is 2.19. The van der Waals surface area contributed by atoms with E-state index in [0.717, 1.165) is 17.1 Å². The highest BCUT2D eigenvalue weighted by molar-refractivity contribution is 8.00. The second-order valence-corrected chi connectivity index (χ2v) is 8.81. The minimum atomic E-state index is -0.414. The van der Waals surface area contributed by atoms with Crippen LogP contribution in [0.1, 0.15) is 23.9 Å². The molecule has 0 aliphatic rings. The Kier molecular flexibility index (Phi) is 8.47. The molecule has 0 radical (unpaired) electrons. The molecule has 0 aliphatic carbocycles. The van der Waals surface area contributed by atoms with Gasteiger partial charge in [-0.2, -0.15) is 5.10 Å². The first kappa shape index (κ1) is 23.6. The Balaban J connectivity index is 1.59. The summed E-state index contributed by atoms with van der Waals surface area (Å²) in [5.41, 5.74) is 5.61. The van der Waals surface area contributed by atoms with Crippen molar-refractivity contribution in [3.8, 4) is 0 Å². The van der Waals surface area contributed by atoms with Gasteiger partial charge in [0.05, 0.1) is 18.0 Å². The van der Waals surface area contributed by atoms with Gasteiger partial charge in [0, 0.05) is 17.3 Å². The van der Waals surface area contributed by atoms with Crippen molar-refractivity contribution in [2.45, 2.75) is 37.3 Å². The fourth-order valence-corrected chi connectivity index (χ4v) is 3.72. The van der Waals surface area contributed by atoms with Crippen LogP contribution in [0.15, 0.2) is 71.4 Å². The predicted molar refractivity (Wildman–Crippen MR) is 131 cm³/mol. The Labute approximate surface area is 197 Å². The van der Waals surface area contributed by atoms with Gasteiger partial charge in [0.2, 0.25) is 0 Å². The number of halogens is 1. The monoisotopic (exact) mass is 468 g/mol. The molecule has 0 aliphatic heterocycles. The molecule has 0 bridgehead atoms. The molecule has 1 unspecified atom stereocenters. The van der Waals surface area contributed by atoms with E-state index >= 15 is 0 Å². The average molecular weight is 469 g/mol. The summed E-state index contributed by atoms with van der Waals surface area (Å²) >= 11 is 7.19. The first-order valence-electron chi connectivity index (χ1n) is 10.0. The number of allylic oxidation sites excluding steroid dienone is 1. The van der Waals surface area contributed by atoms with E-state index in [9.17, 15) is 4.79 Å². The van der Waals surface area contributed by atoms with Crippen LogP contribution in [0.2, 0.25) is 5.02 Å². The number of hydrogen-bond donors (Lipinski definition) is 2. The molecule has 7 nitrogen and oxygen atoms in total. The van der Waals surface area contributed by atoms with Crippen LogP contribution < -0.4 is 10.7 Å². The van der Waals surface area contributed by atoms with Crippen LogP contribution in [-0.2, 0) is 17.9 Å². The molecule has 3 aromatic rings. The van der Waals surface area contributed by atoms with Crippen molar-refractivity contribution < 1.29 is 4.79 Å². The van der Waals surface area contributed by atoms with Crippen LogP contribution in [0.3, 0.4) is 0 Å². The minimum absolute atomic E-state index is 0.229. The standard InChI is InChI=1S/C23H25ClN6OS/c1-4-13-30-21(15-25-20-11-5-16(2)6-12-20)27-29-23(30)32-17(3)22(31)28-26-14-18-7-9-19(24)10-8-18/h4-12,14,17,25H,1,13,15H2,2-3H3,(H,28,31). The molecule has 0 spiro atoms. The Hall–Kier alpha value is -3.10. The molecular weight excluding hydrogens is 444 g/mol. The van der Waals surface area contributed by atoms with E-state index in [1.165, 1.54) is 17.3 Å². The second-order valence-electron chi connectivity index (χ2n) is 7.06. The van der Waals surface area contributed by atoms with Gasteiger partial charge in [-0.05, 0) is 43.7 Å². The van der Waals surface area contributed by atoms with Gasteiger partial charge < -0.3 is 9.88 Å². The second kappa shape index (κ2) is 11.5. The molecule has 166 valence electrons. The number of nitrogens with zero attached hydrogens (tertiary/aromatic N) is 4. The minimum Gasteiger partial charge on any atom is -0.378 e. The number of anilines is 1. The molecule has 1 amide bonds. The Morgan fingerprint density at radius 3 is 2.62 bits per heavy atom. The van der Waals surface area contributed by atoms with E-state index in [2.05, 4.69) is 32.6 Å². The van der Waals surface area contributed by atoms with Crippen LogP contribution >= 0.6 is 23.4 Å². The van der Waals surface area contributed by atoms with E-state index in [4.69, 9.17) is 11.6 Å². The summed E-state index contributed by atoms with van der Waals surface area (Å²) in [6.07, 6.45) is 3.35. The van der Waals surface area contributed by atoms with Crippen molar-refractivity contribution in [3.63, 3.8) is 0 Å². The number of aromatic nitrogens is 3. The normalized spacial score (nSPS) is 12.0. The van der Waals surface area contributed by atoms with Crippen molar-refractivity contribution in [1.82, 2.24) is 20.2 Å². The fraction of sp³-hybridized carbons (Fsp3) is 0.217. The number of nitrogens with one attached hydrogen (secondary N) is 2. The van der Waals surface area contributed by atoms with Crippen molar-refractivity contribution in [2.24, 2.45) is 5.10 Å². The number of carbonyl (C=O) groups excluding carboxylic acids is 1. The van der Waals surface area contributed by atoms with E-state index < -0.39 is 5.25 Å². The summed E-state index contributed by atoms with van der Waals surface area (Å²) in [5, 5.41) is 16.8. The fourth-order valence-electron chi connectivity index (χ4n) is 2.72. The van der Waals surface area contributed by atoms with E-state index in [1.807, 2.05) is 47.9 Å². The summed E-state index contributed by atoms with van der Waals surface area (Å²) in [7, 11) is 0. The third-order valence-corrected chi connectivity index (χ3v) is 5.85. The zero-order valence-electron chi connectivity index (χ0n) is 18.0. The highest BCUT2D eigenvalue weighted by atomic mass is 35.5. The highest BCUT2D eigenvalue weighted by Crippen LogP contribution is 2.23. The lowest BCUT2D eigenvalue weighted by Crippen LogP contribution is -2.27. The van der Waals surface area contributed by atoms with E-state index in [1.54, 1.807) is 31.3 Å². The summed E-state index contributed by atoms with van der Waals surface area (Å²) in [4.78, 5) is 12.4. The average Bonchev–Trinajstić information content (AvgIpc) is 3.16. The van der Waals surface area contributed by atoms with Crippen LogP contribution in [-0.4, -0.2) is 32.1 Å². The number of amides is 1. The maximum absolute atomic E-state index is 12.4. The maximum Gasteiger partial charge on any atom is 0.253 e. The van der Waals surface area contributed by atoms with E-state index in [0.29, 0.717) is 23.3 Å². The molecule has 9 heteroatoms. The summed E-state index contributed by atoms with van der Waals surface area (Å²) < 4.78 is 1.94. The topological polar surface area (TPSA) is 84.2 Å². The number of aryl methyl sites for hydroxylation is 1. The van der Waals surface area contributed by atoms with Gasteiger partial charge in [-0.1, -0.05) is 59.3 Å². The molecule has 2 N–H and O–H groups in total. The van der Waals surface area contributed by atoms with Crippen molar-refractivity contribution in [1.29, 1.82) is 0 Å². The van der Waals surface area contributed by atoms with Crippen molar-refractivity contribution in [2.75, 3.05) is 5.32 Å². The Bertz CT molecular complexity index is 1080. The van der Waals surface area contributed by atoms with Gasteiger partial charge in [0.25, 0.3) is 5.91 Å². The summed E-state index contributed by atoms with van der Waals surface area (Å²) in [6, 6.07) is 15.3. The Morgan fingerprint density at radius 1 is 1.22 bits per heavy atom. The number of hydrazone groups is 1. The molecule has 3 rings (SSSR count). The van der Waals surface area contributed by atoms with E-state index in [-0.39, 0.29) is 5.91 Å². The van der Waals surface area contributed by atoms with Crippen molar-refractivity contribution >= 4 is 41.2 Å². The predicted octanol–water partition coefficient (Wildman–Crippen LogP) is 4.67.